The molecule has 6 heteroatoms. The molecule has 18 heavy (non-hydrogen) atoms. The molecule has 0 radical (unpaired) electrons. The number of amides is 2. The van der Waals surface area contributed by atoms with Gasteiger partial charge in [-0.25, -0.2) is 0 Å². The lowest BCUT2D eigenvalue weighted by Gasteiger charge is -2.12. The third kappa shape index (κ3) is 2.87. The molecule has 0 aromatic heterocycles. The molecule has 0 saturated carbocycles. The van der Waals surface area contributed by atoms with Gasteiger partial charge in [0.2, 0.25) is 5.91 Å². The van der Waals surface area contributed by atoms with E-state index in [9.17, 15) is 9.59 Å². The Labute approximate surface area is 118 Å². The van der Waals surface area contributed by atoms with Crippen LogP contribution < -0.4 is 10.6 Å². The second-order valence-electron chi connectivity index (χ2n) is 4.21. The van der Waals surface area contributed by atoms with E-state index in [-0.39, 0.29) is 11.1 Å². The van der Waals surface area contributed by atoms with E-state index in [2.05, 4.69) is 26.6 Å². The van der Waals surface area contributed by atoms with Gasteiger partial charge in [0.25, 0.3) is 5.24 Å². The monoisotopic (exact) mass is 328 g/mol. The summed E-state index contributed by atoms with van der Waals surface area (Å²) in [5.41, 5.74) is 2.88. The zero-order valence-corrected chi connectivity index (χ0v) is 12.4. The minimum Gasteiger partial charge on any atom is -0.334 e. The van der Waals surface area contributed by atoms with Gasteiger partial charge in [-0.1, -0.05) is 27.7 Å². The van der Waals surface area contributed by atoms with Gasteiger partial charge < -0.3 is 10.6 Å². The Hall–Kier alpha value is -1.01. The minimum atomic E-state index is -0.438. The number of hydrogen-bond acceptors (Lipinski definition) is 3. The molecule has 2 N–H and O–H groups in total. The average Bonchev–Trinajstić information content (AvgIpc) is 2.72. The lowest BCUT2D eigenvalue weighted by atomic mass is 10.1. The van der Waals surface area contributed by atoms with Crippen LogP contribution >= 0.6 is 27.7 Å². The topological polar surface area (TPSA) is 58.2 Å². The molecule has 2 rings (SSSR count). The molecule has 1 aliphatic rings. The number of rotatable bonds is 2. The zero-order chi connectivity index (χ0) is 13.3. The Morgan fingerprint density at radius 2 is 2.06 bits per heavy atom. The summed E-state index contributed by atoms with van der Waals surface area (Å²) in [6, 6.07) is 3.37. The Morgan fingerprint density at radius 1 is 1.44 bits per heavy atom. The van der Waals surface area contributed by atoms with Crippen molar-refractivity contribution < 1.29 is 9.59 Å². The van der Waals surface area contributed by atoms with Crippen molar-refractivity contribution in [1.82, 2.24) is 5.32 Å². The van der Waals surface area contributed by atoms with Crippen molar-refractivity contribution in [2.24, 2.45) is 0 Å². The molecule has 0 aliphatic carbocycles. The molecule has 4 nitrogen and oxygen atoms in total. The highest BCUT2D eigenvalue weighted by molar-refractivity contribution is 9.10. The summed E-state index contributed by atoms with van der Waals surface area (Å²) < 4.78 is 1.05. The first-order valence-electron chi connectivity index (χ1n) is 5.48. The van der Waals surface area contributed by atoms with E-state index >= 15 is 0 Å². The highest BCUT2D eigenvalue weighted by Gasteiger charge is 2.28. The predicted octanol–water partition coefficient (Wildman–Crippen LogP) is 2.83. The average molecular weight is 329 g/mol. The number of nitrogens with one attached hydrogen (secondary N) is 2. The highest BCUT2D eigenvalue weighted by atomic mass is 79.9. The van der Waals surface area contributed by atoms with E-state index in [0.717, 1.165) is 33.0 Å². The van der Waals surface area contributed by atoms with Crippen LogP contribution in [0, 0.1) is 13.8 Å². The molecule has 96 valence electrons. The van der Waals surface area contributed by atoms with Crippen LogP contribution in [0.1, 0.15) is 11.1 Å². The molecule has 2 amide bonds. The molecular formula is C12H13BrN2O2S. The van der Waals surface area contributed by atoms with Crippen molar-refractivity contribution >= 4 is 44.5 Å². The van der Waals surface area contributed by atoms with E-state index in [1.54, 1.807) is 0 Å². The largest absolute Gasteiger partial charge is 0.334 e. The van der Waals surface area contributed by atoms with Crippen molar-refractivity contribution in [3.63, 3.8) is 0 Å². The molecule has 1 atom stereocenters. The summed E-state index contributed by atoms with van der Waals surface area (Å²) in [7, 11) is 0. The van der Waals surface area contributed by atoms with Crippen LogP contribution in [0.4, 0.5) is 10.5 Å². The summed E-state index contributed by atoms with van der Waals surface area (Å²) >= 11 is 4.62. The van der Waals surface area contributed by atoms with Crippen LogP contribution in [0.3, 0.4) is 0 Å². The molecule has 1 saturated heterocycles. The van der Waals surface area contributed by atoms with E-state index in [1.165, 1.54) is 0 Å². The van der Waals surface area contributed by atoms with Crippen LogP contribution in [0.2, 0.25) is 0 Å². The Bertz CT molecular complexity index is 496. The maximum Gasteiger partial charge on any atom is 0.279 e. The van der Waals surface area contributed by atoms with Gasteiger partial charge in [0, 0.05) is 15.9 Å². The van der Waals surface area contributed by atoms with Crippen molar-refractivity contribution in [1.29, 1.82) is 0 Å². The third-order valence-corrected chi connectivity index (χ3v) is 4.82. The number of benzene rings is 1. The first-order valence-corrected chi connectivity index (χ1v) is 7.26. The van der Waals surface area contributed by atoms with Crippen LogP contribution in [0.15, 0.2) is 16.6 Å². The second kappa shape index (κ2) is 5.32. The number of thioether (sulfide) groups is 1. The highest BCUT2D eigenvalue weighted by Crippen LogP contribution is 2.25. The third-order valence-electron chi connectivity index (χ3n) is 2.69. The first kappa shape index (κ1) is 13.4. The Balaban J connectivity index is 2.10. The number of aryl methyl sites for hydroxylation is 2. The summed E-state index contributed by atoms with van der Waals surface area (Å²) in [4.78, 5) is 22.9. The molecule has 0 spiro atoms. The fraction of sp³-hybridized carbons (Fsp3) is 0.333. The van der Waals surface area contributed by atoms with Crippen molar-refractivity contribution in [2.45, 2.75) is 19.9 Å². The molecular weight excluding hydrogens is 316 g/mol. The maximum atomic E-state index is 11.9. The Kier molecular flexibility index (Phi) is 3.97. The number of hydrogen-bond donors (Lipinski definition) is 2. The minimum absolute atomic E-state index is 0.140. The van der Waals surface area contributed by atoms with E-state index in [0.29, 0.717) is 5.75 Å². The summed E-state index contributed by atoms with van der Waals surface area (Å²) in [5, 5.41) is 5.30. The lowest BCUT2D eigenvalue weighted by Crippen LogP contribution is -2.38. The van der Waals surface area contributed by atoms with Gasteiger partial charge in [-0.3, -0.25) is 9.59 Å². The van der Waals surface area contributed by atoms with E-state index < -0.39 is 6.04 Å². The van der Waals surface area contributed by atoms with Crippen LogP contribution in [0.5, 0.6) is 0 Å². The van der Waals surface area contributed by atoms with E-state index in [1.807, 2.05) is 26.0 Å². The van der Waals surface area contributed by atoms with Crippen molar-refractivity contribution in [3.8, 4) is 0 Å². The van der Waals surface area contributed by atoms with Crippen LogP contribution in [-0.4, -0.2) is 22.9 Å². The zero-order valence-electron chi connectivity index (χ0n) is 10.0. The molecule has 1 aromatic carbocycles. The standard InChI is InChI=1S/C12H13BrN2O2S/c1-6-3-8(4-7(2)10(6)13)14-11(16)9-5-18-12(17)15-9/h3-4,9H,5H2,1-2H3,(H,14,16)(H,15,17). The quantitative estimate of drug-likeness (QED) is 0.877. The molecule has 1 aromatic rings. The molecule has 1 unspecified atom stereocenters. The van der Waals surface area contributed by atoms with Crippen molar-refractivity contribution in [3.05, 3.63) is 27.7 Å². The fourth-order valence-corrected chi connectivity index (χ4v) is 2.78. The summed E-state index contributed by atoms with van der Waals surface area (Å²) in [5.74, 6) is 0.313. The smallest absolute Gasteiger partial charge is 0.279 e. The number of carbonyl (C=O) groups is 2. The second-order valence-corrected chi connectivity index (χ2v) is 5.99. The lowest BCUT2D eigenvalue weighted by molar-refractivity contribution is -0.117. The Morgan fingerprint density at radius 3 is 2.56 bits per heavy atom. The normalized spacial score (nSPS) is 18.6. The van der Waals surface area contributed by atoms with Crippen LogP contribution in [-0.2, 0) is 4.79 Å². The van der Waals surface area contributed by atoms with Gasteiger partial charge in [-0.2, -0.15) is 0 Å². The SMILES string of the molecule is Cc1cc(NC(=O)C2CSC(=O)N2)cc(C)c1Br. The summed E-state index contributed by atoms with van der Waals surface area (Å²) in [6.45, 7) is 3.94. The van der Waals surface area contributed by atoms with E-state index in [4.69, 9.17) is 0 Å². The number of anilines is 1. The maximum absolute atomic E-state index is 11.9. The fourth-order valence-electron chi connectivity index (χ4n) is 1.77. The molecule has 1 heterocycles. The molecule has 0 bridgehead atoms. The van der Waals surface area contributed by atoms with Crippen LogP contribution in [0.25, 0.3) is 0 Å². The molecule has 1 fully saturated rings. The van der Waals surface area contributed by atoms with Gasteiger partial charge in [0.15, 0.2) is 0 Å². The van der Waals surface area contributed by atoms with Gasteiger partial charge in [0.05, 0.1) is 0 Å². The summed E-state index contributed by atoms with van der Waals surface area (Å²) in [6.07, 6.45) is 0. The van der Waals surface area contributed by atoms with Gasteiger partial charge in [0.1, 0.15) is 6.04 Å². The van der Waals surface area contributed by atoms with Gasteiger partial charge in [-0.05, 0) is 37.1 Å². The van der Waals surface area contributed by atoms with Gasteiger partial charge >= 0.3 is 0 Å². The van der Waals surface area contributed by atoms with Gasteiger partial charge in [-0.15, -0.1) is 0 Å². The predicted molar refractivity (Wildman–Crippen MR) is 77.0 cm³/mol. The number of carbonyl (C=O) groups excluding carboxylic acids is 2. The molecule has 1 aliphatic heterocycles. The number of halogens is 1. The van der Waals surface area contributed by atoms with Crippen molar-refractivity contribution in [2.75, 3.05) is 11.1 Å². The first-order chi connectivity index (χ1) is 8.47.